The molecule has 0 unspecified atom stereocenters. The van der Waals surface area contributed by atoms with Crippen LogP contribution in [0.1, 0.15) is 13.8 Å². The third-order valence-electron chi connectivity index (χ3n) is 1.25. The summed E-state index contributed by atoms with van der Waals surface area (Å²) in [5, 5.41) is 0. The molecule has 52 valence electrons. The molecule has 0 saturated carbocycles. The van der Waals surface area contributed by atoms with Gasteiger partial charge in [0.25, 0.3) is 0 Å². The Morgan fingerprint density at radius 2 is 2.22 bits per heavy atom. The van der Waals surface area contributed by atoms with Crippen molar-refractivity contribution in [1.82, 2.24) is 0 Å². The molecule has 1 aliphatic heterocycles. The Morgan fingerprint density at radius 1 is 1.44 bits per heavy atom. The maximum absolute atomic E-state index is 5.30. The molecule has 0 aromatic heterocycles. The van der Waals surface area contributed by atoms with E-state index in [-0.39, 0.29) is 12.2 Å². The van der Waals surface area contributed by atoms with Crippen LogP contribution in [0.25, 0.3) is 0 Å². The van der Waals surface area contributed by atoms with Gasteiger partial charge in [0, 0.05) is 0 Å². The van der Waals surface area contributed by atoms with Crippen LogP contribution in [0, 0.1) is 0 Å². The normalized spacial score (nSPS) is 35.3. The molecule has 9 heavy (non-hydrogen) atoms. The van der Waals surface area contributed by atoms with E-state index in [0.29, 0.717) is 6.61 Å². The summed E-state index contributed by atoms with van der Waals surface area (Å²) in [6.45, 7) is 4.68. The van der Waals surface area contributed by atoms with Crippen LogP contribution in [-0.4, -0.2) is 18.8 Å². The van der Waals surface area contributed by atoms with Crippen LogP contribution in [-0.2, 0) is 9.47 Å². The van der Waals surface area contributed by atoms with Crippen LogP contribution < -0.4 is 0 Å². The quantitative estimate of drug-likeness (QED) is 0.490. The van der Waals surface area contributed by atoms with Gasteiger partial charge in [-0.25, -0.2) is 0 Å². The van der Waals surface area contributed by atoms with Crippen molar-refractivity contribution in [3.05, 3.63) is 12.3 Å². The van der Waals surface area contributed by atoms with Crippen LogP contribution >= 0.6 is 0 Å². The number of ether oxygens (including phenoxy) is 2. The minimum Gasteiger partial charge on any atom is -0.496 e. The molecule has 0 N–H and O–H groups in total. The van der Waals surface area contributed by atoms with Gasteiger partial charge in [-0.15, -0.1) is 0 Å². The second-order valence-corrected chi connectivity index (χ2v) is 2.31. The van der Waals surface area contributed by atoms with E-state index < -0.39 is 0 Å². The van der Waals surface area contributed by atoms with Crippen molar-refractivity contribution in [1.29, 1.82) is 0 Å². The van der Waals surface area contributed by atoms with Crippen LogP contribution in [0.4, 0.5) is 0 Å². The number of hydrogen-bond acceptors (Lipinski definition) is 2. The fourth-order valence-electron chi connectivity index (χ4n) is 0.672. The Morgan fingerprint density at radius 3 is 3.00 bits per heavy atom. The van der Waals surface area contributed by atoms with Crippen LogP contribution in [0.2, 0.25) is 0 Å². The molecule has 0 aliphatic carbocycles. The highest BCUT2D eigenvalue weighted by atomic mass is 16.5. The molecule has 0 aromatic rings. The zero-order chi connectivity index (χ0) is 6.69. The molecule has 2 heteroatoms. The van der Waals surface area contributed by atoms with Gasteiger partial charge in [0.1, 0.15) is 6.10 Å². The van der Waals surface area contributed by atoms with Crippen LogP contribution in [0.5, 0.6) is 0 Å². The smallest absolute Gasteiger partial charge is 0.118 e. The van der Waals surface area contributed by atoms with E-state index in [1.165, 1.54) is 0 Å². The summed E-state index contributed by atoms with van der Waals surface area (Å²) in [7, 11) is 0. The van der Waals surface area contributed by atoms with Crippen molar-refractivity contribution >= 4 is 0 Å². The predicted octanol–water partition coefficient (Wildman–Crippen LogP) is 1.32. The molecule has 0 fully saturated rings. The second kappa shape index (κ2) is 2.87. The Labute approximate surface area is 55.5 Å². The van der Waals surface area contributed by atoms with Crippen molar-refractivity contribution in [2.45, 2.75) is 26.1 Å². The SMILES string of the molecule is C[C@H]1C=CO[C@@H](C)CO1. The Balaban J connectivity index is 2.39. The first-order chi connectivity index (χ1) is 4.29. The molecule has 0 spiro atoms. The third kappa shape index (κ3) is 2.06. The lowest BCUT2D eigenvalue weighted by Gasteiger charge is -2.08. The molecule has 2 nitrogen and oxygen atoms in total. The maximum Gasteiger partial charge on any atom is 0.118 e. The molecule has 0 saturated heterocycles. The highest BCUT2D eigenvalue weighted by Gasteiger charge is 2.06. The summed E-state index contributed by atoms with van der Waals surface area (Å²) in [5.74, 6) is 0. The third-order valence-corrected chi connectivity index (χ3v) is 1.25. The van der Waals surface area contributed by atoms with Crippen molar-refractivity contribution in [2.24, 2.45) is 0 Å². The van der Waals surface area contributed by atoms with Gasteiger partial charge in [-0.2, -0.15) is 0 Å². The average molecular weight is 128 g/mol. The van der Waals surface area contributed by atoms with Crippen molar-refractivity contribution < 1.29 is 9.47 Å². The minimum absolute atomic E-state index is 0.200. The molecule has 1 aliphatic rings. The number of rotatable bonds is 0. The van der Waals surface area contributed by atoms with E-state index in [1.54, 1.807) is 6.26 Å². The highest BCUT2D eigenvalue weighted by molar-refractivity contribution is 4.83. The van der Waals surface area contributed by atoms with Crippen LogP contribution in [0.3, 0.4) is 0 Å². The highest BCUT2D eigenvalue weighted by Crippen LogP contribution is 2.03. The molecule has 0 amide bonds. The second-order valence-electron chi connectivity index (χ2n) is 2.31. The van der Waals surface area contributed by atoms with E-state index >= 15 is 0 Å². The Bertz CT molecular complexity index is 109. The first-order valence-corrected chi connectivity index (χ1v) is 3.23. The van der Waals surface area contributed by atoms with Gasteiger partial charge < -0.3 is 9.47 Å². The van der Waals surface area contributed by atoms with E-state index in [0.717, 1.165) is 0 Å². The van der Waals surface area contributed by atoms with Gasteiger partial charge in [-0.1, -0.05) is 0 Å². The Kier molecular flexibility index (Phi) is 2.11. The average Bonchev–Trinajstić information content (AvgIpc) is 1.97. The summed E-state index contributed by atoms with van der Waals surface area (Å²) >= 11 is 0. The fourth-order valence-corrected chi connectivity index (χ4v) is 0.672. The van der Waals surface area contributed by atoms with Gasteiger partial charge in [-0.3, -0.25) is 0 Å². The van der Waals surface area contributed by atoms with E-state index in [4.69, 9.17) is 9.47 Å². The van der Waals surface area contributed by atoms with Crippen LogP contribution in [0.15, 0.2) is 12.3 Å². The van der Waals surface area contributed by atoms with Gasteiger partial charge in [0.15, 0.2) is 0 Å². The maximum atomic E-state index is 5.30. The Hall–Kier alpha value is -0.500. The molecule has 0 bridgehead atoms. The van der Waals surface area contributed by atoms with E-state index in [2.05, 4.69) is 0 Å². The van der Waals surface area contributed by atoms with E-state index in [9.17, 15) is 0 Å². The summed E-state index contributed by atoms with van der Waals surface area (Å²) in [6.07, 6.45) is 4.02. The zero-order valence-corrected chi connectivity index (χ0v) is 5.83. The van der Waals surface area contributed by atoms with Gasteiger partial charge in [0.2, 0.25) is 0 Å². The van der Waals surface area contributed by atoms with Gasteiger partial charge in [-0.05, 0) is 19.9 Å². The van der Waals surface area contributed by atoms with Crippen molar-refractivity contribution in [2.75, 3.05) is 6.61 Å². The van der Waals surface area contributed by atoms with Gasteiger partial charge >= 0.3 is 0 Å². The van der Waals surface area contributed by atoms with Crippen molar-refractivity contribution in [3.8, 4) is 0 Å². The molecule has 2 atom stereocenters. The minimum atomic E-state index is 0.200. The predicted molar refractivity (Wildman–Crippen MR) is 35.1 cm³/mol. The fraction of sp³-hybridized carbons (Fsp3) is 0.714. The molecule has 0 aromatic carbocycles. The van der Waals surface area contributed by atoms with E-state index in [1.807, 2.05) is 19.9 Å². The summed E-state index contributed by atoms with van der Waals surface area (Å²) in [5.41, 5.74) is 0. The van der Waals surface area contributed by atoms with Gasteiger partial charge in [0.05, 0.1) is 19.0 Å². The first-order valence-electron chi connectivity index (χ1n) is 3.23. The van der Waals surface area contributed by atoms with Crippen molar-refractivity contribution in [3.63, 3.8) is 0 Å². The molecule has 0 radical (unpaired) electrons. The summed E-state index contributed by atoms with van der Waals surface area (Å²) in [4.78, 5) is 0. The summed E-state index contributed by atoms with van der Waals surface area (Å²) < 4.78 is 10.5. The number of hydrogen-bond donors (Lipinski definition) is 0. The lowest BCUT2D eigenvalue weighted by Crippen LogP contribution is -2.13. The molecule has 1 heterocycles. The summed E-state index contributed by atoms with van der Waals surface area (Å²) in [6, 6.07) is 0. The monoisotopic (exact) mass is 128 g/mol. The standard InChI is InChI=1S/C7H12O2/c1-6-3-4-8-7(2)5-9-6/h3-4,6-7H,5H2,1-2H3/t6-,7-/m0/s1. The first kappa shape index (κ1) is 6.62. The molecule has 1 rings (SSSR count). The zero-order valence-electron chi connectivity index (χ0n) is 5.83. The molecular formula is C7H12O2. The topological polar surface area (TPSA) is 18.5 Å². The lowest BCUT2D eigenvalue weighted by molar-refractivity contribution is 0.0342. The molecular weight excluding hydrogens is 116 g/mol. The largest absolute Gasteiger partial charge is 0.496 e. The lowest BCUT2D eigenvalue weighted by atomic mass is 10.4.